The number of para-hydroxylation sites is 1. The molecule has 8 nitrogen and oxygen atoms in total. The van der Waals surface area contributed by atoms with Gasteiger partial charge in [-0.15, -0.1) is 10.2 Å². The molecule has 134 valence electrons. The summed E-state index contributed by atoms with van der Waals surface area (Å²) in [4.78, 5) is 12.9. The summed E-state index contributed by atoms with van der Waals surface area (Å²) in [6.45, 7) is 0. The quantitative estimate of drug-likeness (QED) is 0.675. The minimum Gasteiger partial charge on any atom is -0.497 e. The SMILES string of the molecule is COc1ccc(NC(=O)[C@H](Cc2ccccc2OC)c2nn[nH]n2)cc1. The van der Waals surface area contributed by atoms with E-state index in [4.69, 9.17) is 9.47 Å². The molecule has 0 bridgehead atoms. The highest BCUT2D eigenvalue weighted by atomic mass is 16.5. The minimum atomic E-state index is -0.618. The van der Waals surface area contributed by atoms with Crippen LogP contribution in [0.3, 0.4) is 0 Å². The molecule has 0 radical (unpaired) electrons. The highest BCUT2D eigenvalue weighted by molar-refractivity contribution is 5.95. The number of carbonyl (C=O) groups excluding carboxylic acids is 1. The molecular weight excluding hydrogens is 334 g/mol. The maximum atomic E-state index is 12.9. The van der Waals surface area contributed by atoms with Crippen molar-refractivity contribution in [2.24, 2.45) is 0 Å². The van der Waals surface area contributed by atoms with E-state index in [1.807, 2.05) is 24.3 Å². The van der Waals surface area contributed by atoms with E-state index in [0.29, 0.717) is 29.4 Å². The maximum Gasteiger partial charge on any atom is 0.235 e. The normalized spacial score (nSPS) is 11.6. The Balaban J connectivity index is 1.82. The predicted molar refractivity (Wildman–Crippen MR) is 95.2 cm³/mol. The molecule has 0 aliphatic rings. The van der Waals surface area contributed by atoms with Crippen LogP contribution in [0.25, 0.3) is 0 Å². The second-order valence-electron chi connectivity index (χ2n) is 5.56. The Labute approximate surface area is 150 Å². The molecule has 26 heavy (non-hydrogen) atoms. The fraction of sp³-hybridized carbons (Fsp3) is 0.222. The van der Waals surface area contributed by atoms with Crippen LogP contribution < -0.4 is 14.8 Å². The number of tetrazole rings is 1. The van der Waals surface area contributed by atoms with Crippen molar-refractivity contribution in [2.45, 2.75) is 12.3 Å². The third kappa shape index (κ3) is 3.97. The Morgan fingerprint density at radius 2 is 1.88 bits per heavy atom. The number of methoxy groups -OCH3 is 2. The van der Waals surface area contributed by atoms with Gasteiger partial charge in [0, 0.05) is 5.69 Å². The average Bonchev–Trinajstić information content (AvgIpc) is 3.21. The molecule has 1 aromatic heterocycles. The molecule has 0 aliphatic carbocycles. The zero-order valence-electron chi connectivity index (χ0n) is 14.5. The summed E-state index contributed by atoms with van der Waals surface area (Å²) in [6, 6.07) is 14.6. The van der Waals surface area contributed by atoms with E-state index in [0.717, 1.165) is 5.56 Å². The van der Waals surface area contributed by atoms with Gasteiger partial charge in [-0.05, 0) is 42.3 Å². The lowest BCUT2D eigenvalue weighted by Gasteiger charge is -2.15. The molecule has 0 spiro atoms. The van der Waals surface area contributed by atoms with Crippen molar-refractivity contribution in [1.29, 1.82) is 0 Å². The summed E-state index contributed by atoms with van der Waals surface area (Å²) < 4.78 is 10.5. The molecular formula is C18H19N5O3. The highest BCUT2D eigenvalue weighted by Gasteiger charge is 2.26. The number of aromatic amines is 1. The number of benzene rings is 2. The van der Waals surface area contributed by atoms with Crippen LogP contribution >= 0.6 is 0 Å². The zero-order valence-corrected chi connectivity index (χ0v) is 14.5. The third-order valence-corrected chi connectivity index (χ3v) is 3.96. The smallest absolute Gasteiger partial charge is 0.235 e. The van der Waals surface area contributed by atoms with Crippen LogP contribution in [0.15, 0.2) is 48.5 Å². The zero-order chi connectivity index (χ0) is 18.4. The van der Waals surface area contributed by atoms with Crippen LogP contribution in [-0.2, 0) is 11.2 Å². The van der Waals surface area contributed by atoms with Crippen molar-refractivity contribution in [3.8, 4) is 11.5 Å². The van der Waals surface area contributed by atoms with Crippen LogP contribution in [0, 0.1) is 0 Å². The molecule has 2 N–H and O–H groups in total. The summed E-state index contributed by atoms with van der Waals surface area (Å²) in [6.07, 6.45) is 0.380. The van der Waals surface area contributed by atoms with Gasteiger partial charge in [-0.3, -0.25) is 4.79 Å². The first kappa shape index (κ1) is 17.4. The Kier molecular flexibility index (Phi) is 5.43. The number of rotatable bonds is 7. The Bertz CT molecular complexity index is 850. The van der Waals surface area contributed by atoms with Gasteiger partial charge < -0.3 is 14.8 Å². The van der Waals surface area contributed by atoms with Crippen LogP contribution in [0.4, 0.5) is 5.69 Å². The largest absolute Gasteiger partial charge is 0.497 e. The van der Waals surface area contributed by atoms with E-state index in [-0.39, 0.29) is 5.91 Å². The van der Waals surface area contributed by atoms with Crippen molar-refractivity contribution in [2.75, 3.05) is 19.5 Å². The molecule has 3 aromatic rings. The first-order valence-electron chi connectivity index (χ1n) is 8.01. The Morgan fingerprint density at radius 3 is 2.54 bits per heavy atom. The molecule has 0 saturated heterocycles. The van der Waals surface area contributed by atoms with Gasteiger partial charge in [0.1, 0.15) is 17.4 Å². The van der Waals surface area contributed by atoms with E-state index in [9.17, 15) is 4.79 Å². The number of H-pyrrole nitrogens is 1. The number of aromatic nitrogens is 4. The van der Waals surface area contributed by atoms with Crippen molar-refractivity contribution >= 4 is 11.6 Å². The second kappa shape index (κ2) is 8.11. The topological polar surface area (TPSA) is 102 Å². The van der Waals surface area contributed by atoms with Crippen LogP contribution in [0.5, 0.6) is 11.5 Å². The lowest BCUT2D eigenvalue weighted by molar-refractivity contribution is -0.117. The van der Waals surface area contributed by atoms with Gasteiger partial charge in [-0.2, -0.15) is 5.21 Å². The Morgan fingerprint density at radius 1 is 1.12 bits per heavy atom. The molecule has 0 aliphatic heterocycles. The van der Waals surface area contributed by atoms with Gasteiger partial charge in [0.2, 0.25) is 5.91 Å². The van der Waals surface area contributed by atoms with Crippen LogP contribution in [0.1, 0.15) is 17.3 Å². The van der Waals surface area contributed by atoms with E-state index < -0.39 is 5.92 Å². The number of anilines is 1. The first-order valence-corrected chi connectivity index (χ1v) is 8.01. The van der Waals surface area contributed by atoms with Crippen LogP contribution in [0.2, 0.25) is 0 Å². The molecule has 0 unspecified atom stereocenters. The number of amides is 1. The lowest BCUT2D eigenvalue weighted by atomic mass is 9.97. The lowest BCUT2D eigenvalue weighted by Crippen LogP contribution is -2.24. The van der Waals surface area contributed by atoms with Gasteiger partial charge in [0.05, 0.1) is 14.2 Å². The number of ether oxygens (including phenoxy) is 2. The number of hydrogen-bond donors (Lipinski definition) is 2. The third-order valence-electron chi connectivity index (χ3n) is 3.96. The fourth-order valence-corrected chi connectivity index (χ4v) is 2.61. The van der Waals surface area contributed by atoms with Gasteiger partial charge in [-0.25, -0.2) is 0 Å². The van der Waals surface area contributed by atoms with Crippen molar-refractivity contribution in [1.82, 2.24) is 20.6 Å². The fourth-order valence-electron chi connectivity index (χ4n) is 2.61. The number of hydrogen-bond acceptors (Lipinski definition) is 6. The summed E-state index contributed by atoms with van der Waals surface area (Å²) in [7, 11) is 3.19. The minimum absolute atomic E-state index is 0.234. The molecule has 2 aromatic carbocycles. The maximum absolute atomic E-state index is 12.9. The summed E-state index contributed by atoms with van der Waals surface area (Å²) >= 11 is 0. The highest BCUT2D eigenvalue weighted by Crippen LogP contribution is 2.26. The number of carbonyl (C=O) groups is 1. The standard InChI is InChI=1S/C18H19N5O3/c1-25-14-9-7-13(8-10-14)19-18(24)15(17-20-22-23-21-17)11-12-5-3-4-6-16(12)26-2/h3-10,15H,11H2,1-2H3,(H,19,24)(H,20,21,22,23)/t15-/m1/s1. The molecule has 8 heteroatoms. The van der Waals surface area contributed by atoms with Crippen molar-refractivity contribution < 1.29 is 14.3 Å². The van der Waals surface area contributed by atoms with Crippen molar-refractivity contribution in [3.05, 3.63) is 59.9 Å². The van der Waals surface area contributed by atoms with E-state index in [1.165, 1.54) is 0 Å². The molecule has 0 fully saturated rings. The Hall–Kier alpha value is -3.42. The molecule has 0 saturated carbocycles. The van der Waals surface area contributed by atoms with E-state index in [1.54, 1.807) is 38.5 Å². The molecule has 1 atom stereocenters. The van der Waals surface area contributed by atoms with Gasteiger partial charge >= 0.3 is 0 Å². The van der Waals surface area contributed by atoms with Gasteiger partial charge in [0.15, 0.2) is 5.82 Å². The number of nitrogens with zero attached hydrogens (tertiary/aromatic N) is 3. The van der Waals surface area contributed by atoms with Gasteiger partial charge in [0.25, 0.3) is 0 Å². The molecule has 1 amide bonds. The first-order chi connectivity index (χ1) is 12.7. The van der Waals surface area contributed by atoms with E-state index >= 15 is 0 Å². The summed E-state index contributed by atoms with van der Waals surface area (Å²) in [5.41, 5.74) is 1.54. The number of nitrogens with one attached hydrogen (secondary N) is 2. The molecule has 3 rings (SSSR count). The van der Waals surface area contributed by atoms with Gasteiger partial charge in [-0.1, -0.05) is 23.4 Å². The summed E-state index contributed by atoms with van der Waals surface area (Å²) in [5, 5.41) is 16.8. The van der Waals surface area contributed by atoms with Crippen molar-refractivity contribution in [3.63, 3.8) is 0 Å². The molecule has 1 heterocycles. The van der Waals surface area contributed by atoms with E-state index in [2.05, 4.69) is 25.9 Å². The summed E-state index contributed by atoms with van der Waals surface area (Å²) in [5.74, 6) is 0.890. The predicted octanol–water partition coefficient (Wildman–Crippen LogP) is 2.18. The monoisotopic (exact) mass is 353 g/mol. The average molecular weight is 353 g/mol. The van der Waals surface area contributed by atoms with Crippen LogP contribution in [-0.4, -0.2) is 40.8 Å². The second-order valence-corrected chi connectivity index (χ2v) is 5.56.